The molecule has 1 amide bonds. The SMILES string of the molecule is CC[C@H]1O[C@@H](n2cnc3c(=O)[nH]c(NC(=O)C(C)C)nc32)C(O)NC1O. The van der Waals surface area contributed by atoms with Gasteiger partial charge in [-0.15, -0.1) is 0 Å². The summed E-state index contributed by atoms with van der Waals surface area (Å²) in [6.45, 7) is 5.26. The third-order valence-corrected chi connectivity index (χ3v) is 4.15. The number of aliphatic hydroxyl groups is 2. The number of aromatic nitrogens is 4. The summed E-state index contributed by atoms with van der Waals surface area (Å²) in [5, 5.41) is 25.2. The minimum Gasteiger partial charge on any atom is -0.376 e. The van der Waals surface area contributed by atoms with Crippen molar-refractivity contribution in [1.82, 2.24) is 24.8 Å². The van der Waals surface area contributed by atoms with Crippen molar-refractivity contribution in [2.45, 2.75) is 52.0 Å². The quantitative estimate of drug-likeness (QED) is 0.473. The maximum Gasteiger partial charge on any atom is 0.280 e. The van der Waals surface area contributed by atoms with Crippen LogP contribution in [0.1, 0.15) is 33.4 Å². The van der Waals surface area contributed by atoms with Crippen molar-refractivity contribution in [2.24, 2.45) is 5.92 Å². The van der Waals surface area contributed by atoms with Crippen LogP contribution in [0.3, 0.4) is 0 Å². The molecule has 2 aromatic rings. The zero-order valence-electron chi connectivity index (χ0n) is 14.6. The first kappa shape index (κ1) is 18.5. The highest BCUT2D eigenvalue weighted by atomic mass is 16.5. The zero-order chi connectivity index (χ0) is 19.0. The third-order valence-electron chi connectivity index (χ3n) is 4.15. The minimum atomic E-state index is -1.24. The molecule has 2 aromatic heterocycles. The number of aromatic amines is 1. The molecule has 0 aromatic carbocycles. The lowest BCUT2D eigenvalue weighted by Gasteiger charge is -2.38. The summed E-state index contributed by atoms with van der Waals surface area (Å²) < 4.78 is 7.12. The molecule has 1 aliphatic heterocycles. The van der Waals surface area contributed by atoms with Crippen LogP contribution >= 0.6 is 0 Å². The van der Waals surface area contributed by atoms with Crippen LogP contribution in [0.15, 0.2) is 11.1 Å². The van der Waals surface area contributed by atoms with Gasteiger partial charge >= 0.3 is 0 Å². The normalized spacial score (nSPS) is 26.4. The summed E-state index contributed by atoms with van der Waals surface area (Å²) in [6.07, 6.45) is -1.92. The molecule has 3 heterocycles. The number of anilines is 1. The van der Waals surface area contributed by atoms with Crippen LogP contribution in [0.5, 0.6) is 0 Å². The summed E-state index contributed by atoms with van der Waals surface area (Å²) in [6, 6.07) is 0. The lowest BCUT2D eigenvalue weighted by atomic mass is 10.2. The Hall–Kier alpha value is -2.34. The zero-order valence-corrected chi connectivity index (χ0v) is 14.6. The summed E-state index contributed by atoms with van der Waals surface area (Å²) in [5.74, 6) is -0.614. The standard InChI is InChI=1S/C15H22N6O5/c1-4-7-11(23)18-13(25)14(26-7)21-5-16-8-9(21)17-15(20-12(8)24)19-10(22)6(2)3/h5-7,11,13-14,18,23,25H,4H2,1-3H3,(H2,17,19,20,22,24)/t7-,11?,13?,14-/m1/s1. The number of carbonyl (C=O) groups excluding carboxylic acids is 1. The number of nitrogens with zero attached hydrogens (tertiary/aromatic N) is 3. The highest BCUT2D eigenvalue weighted by Crippen LogP contribution is 2.25. The lowest BCUT2D eigenvalue weighted by Crippen LogP contribution is -2.56. The van der Waals surface area contributed by atoms with Crippen LogP contribution < -0.4 is 16.2 Å². The molecule has 0 radical (unpaired) electrons. The highest BCUT2D eigenvalue weighted by Gasteiger charge is 2.36. The molecular weight excluding hydrogens is 344 g/mol. The van der Waals surface area contributed by atoms with Crippen LogP contribution in [0.4, 0.5) is 5.95 Å². The molecule has 5 N–H and O–H groups in total. The fraction of sp³-hybridized carbons (Fsp3) is 0.600. The monoisotopic (exact) mass is 366 g/mol. The molecule has 11 nitrogen and oxygen atoms in total. The van der Waals surface area contributed by atoms with Crippen molar-refractivity contribution >= 4 is 23.0 Å². The molecular formula is C15H22N6O5. The van der Waals surface area contributed by atoms with E-state index in [0.29, 0.717) is 6.42 Å². The number of fused-ring (bicyclic) bond motifs is 1. The molecule has 0 spiro atoms. The minimum absolute atomic E-state index is 0.0201. The number of imidazole rings is 1. The van der Waals surface area contributed by atoms with Gasteiger partial charge in [0.15, 0.2) is 23.6 Å². The molecule has 3 rings (SSSR count). The summed E-state index contributed by atoms with van der Waals surface area (Å²) in [7, 11) is 0. The number of nitrogens with one attached hydrogen (secondary N) is 3. The topological polar surface area (TPSA) is 154 Å². The Kier molecular flexibility index (Phi) is 5.05. The summed E-state index contributed by atoms with van der Waals surface area (Å²) >= 11 is 0. The van der Waals surface area contributed by atoms with Crippen LogP contribution in [-0.2, 0) is 9.53 Å². The number of hydrogen-bond donors (Lipinski definition) is 5. The van der Waals surface area contributed by atoms with E-state index in [4.69, 9.17) is 4.74 Å². The average molecular weight is 366 g/mol. The molecule has 2 unspecified atom stereocenters. The Balaban J connectivity index is 2.00. The first-order chi connectivity index (χ1) is 12.3. The van der Waals surface area contributed by atoms with E-state index in [2.05, 4.69) is 25.6 Å². The van der Waals surface area contributed by atoms with Crippen LogP contribution in [0.25, 0.3) is 11.2 Å². The molecule has 142 valence electrons. The fourth-order valence-electron chi connectivity index (χ4n) is 2.66. The van der Waals surface area contributed by atoms with Gasteiger partial charge in [-0.25, -0.2) is 4.98 Å². The van der Waals surface area contributed by atoms with E-state index < -0.39 is 30.3 Å². The maximum absolute atomic E-state index is 12.2. The van der Waals surface area contributed by atoms with Crippen molar-refractivity contribution in [3.63, 3.8) is 0 Å². The first-order valence-corrected chi connectivity index (χ1v) is 8.37. The lowest BCUT2D eigenvalue weighted by molar-refractivity contribution is -0.214. The molecule has 0 bridgehead atoms. The molecule has 0 aliphatic carbocycles. The maximum atomic E-state index is 12.2. The van der Waals surface area contributed by atoms with Gasteiger partial charge in [0.2, 0.25) is 11.9 Å². The Morgan fingerprint density at radius 2 is 2.15 bits per heavy atom. The average Bonchev–Trinajstić information content (AvgIpc) is 2.99. The number of hydrogen-bond acceptors (Lipinski definition) is 8. The van der Waals surface area contributed by atoms with Crippen molar-refractivity contribution < 1.29 is 19.7 Å². The van der Waals surface area contributed by atoms with Crippen molar-refractivity contribution in [3.05, 3.63) is 16.7 Å². The fourth-order valence-corrected chi connectivity index (χ4v) is 2.66. The van der Waals surface area contributed by atoms with Gasteiger partial charge in [-0.1, -0.05) is 20.8 Å². The van der Waals surface area contributed by atoms with Gasteiger partial charge in [0, 0.05) is 5.92 Å². The molecule has 1 fully saturated rings. The van der Waals surface area contributed by atoms with Gasteiger partial charge in [0.25, 0.3) is 5.56 Å². The summed E-state index contributed by atoms with van der Waals surface area (Å²) in [5.41, 5.74) is -0.342. The van der Waals surface area contributed by atoms with Gasteiger partial charge in [-0.05, 0) is 6.42 Å². The molecule has 11 heteroatoms. The number of carbonyl (C=O) groups is 1. The van der Waals surface area contributed by atoms with Crippen molar-refractivity contribution in [2.75, 3.05) is 5.32 Å². The number of aliphatic hydroxyl groups excluding tert-OH is 2. The Labute approximate surface area is 148 Å². The first-order valence-electron chi connectivity index (χ1n) is 8.37. The van der Waals surface area contributed by atoms with Crippen molar-refractivity contribution in [1.29, 1.82) is 0 Å². The van der Waals surface area contributed by atoms with Gasteiger partial charge < -0.3 is 14.9 Å². The molecule has 1 aliphatic rings. The van der Waals surface area contributed by atoms with E-state index in [1.165, 1.54) is 10.9 Å². The van der Waals surface area contributed by atoms with Gasteiger partial charge in [-0.3, -0.25) is 29.8 Å². The Bertz CT molecular complexity index is 862. The van der Waals surface area contributed by atoms with Gasteiger partial charge in [0.1, 0.15) is 6.23 Å². The van der Waals surface area contributed by atoms with E-state index in [-0.39, 0.29) is 28.9 Å². The number of H-pyrrole nitrogens is 1. The van der Waals surface area contributed by atoms with Crippen molar-refractivity contribution in [3.8, 4) is 0 Å². The Morgan fingerprint density at radius 1 is 1.42 bits per heavy atom. The highest BCUT2D eigenvalue weighted by molar-refractivity contribution is 5.91. The predicted molar refractivity (Wildman–Crippen MR) is 91.0 cm³/mol. The molecule has 1 saturated heterocycles. The van der Waals surface area contributed by atoms with E-state index in [0.717, 1.165) is 0 Å². The largest absolute Gasteiger partial charge is 0.376 e. The van der Waals surface area contributed by atoms with Gasteiger partial charge in [0.05, 0.1) is 12.4 Å². The van der Waals surface area contributed by atoms with E-state index in [9.17, 15) is 19.8 Å². The van der Waals surface area contributed by atoms with E-state index in [1.807, 2.05) is 6.92 Å². The molecule has 0 saturated carbocycles. The van der Waals surface area contributed by atoms with Crippen LogP contribution in [0, 0.1) is 5.92 Å². The van der Waals surface area contributed by atoms with Crippen LogP contribution in [-0.4, -0.2) is 54.2 Å². The second-order valence-electron chi connectivity index (χ2n) is 6.41. The molecule has 26 heavy (non-hydrogen) atoms. The second kappa shape index (κ2) is 7.11. The smallest absolute Gasteiger partial charge is 0.280 e. The van der Waals surface area contributed by atoms with Gasteiger partial charge in [-0.2, -0.15) is 4.98 Å². The van der Waals surface area contributed by atoms with E-state index >= 15 is 0 Å². The van der Waals surface area contributed by atoms with Crippen LogP contribution in [0.2, 0.25) is 0 Å². The summed E-state index contributed by atoms with van der Waals surface area (Å²) in [4.78, 5) is 34.8. The number of morpholine rings is 1. The number of ether oxygens (including phenoxy) is 1. The number of rotatable bonds is 4. The second-order valence-corrected chi connectivity index (χ2v) is 6.41. The predicted octanol–water partition coefficient (Wildman–Crippen LogP) is -0.752. The molecule has 4 atom stereocenters. The Morgan fingerprint density at radius 3 is 2.81 bits per heavy atom. The third kappa shape index (κ3) is 3.33. The van der Waals surface area contributed by atoms with E-state index in [1.54, 1.807) is 13.8 Å². The number of amides is 1.